The van der Waals surface area contributed by atoms with E-state index in [0.717, 1.165) is 24.9 Å². The van der Waals surface area contributed by atoms with Crippen LogP contribution in [0, 0.1) is 0 Å². The summed E-state index contributed by atoms with van der Waals surface area (Å²) in [5.74, 6) is 0.772. The lowest BCUT2D eigenvalue weighted by Crippen LogP contribution is -2.19. The highest BCUT2D eigenvalue weighted by Crippen LogP contribution is 2.26. The normalized spacial score (nSPS) is 14.6. The highest BCUT2D eigenvalue weighted by atomic mass is 32.2. The van der Waals surface area contributed by atoms with Crippen molar-refractivity contribution in [1.29, 1.82) is 0 Å². The van der Waals surface area contributed by atoms with E-state index >= 15 is 0 Å². The van der Waals surface area contributed by atoms with Gasteiger partial charge >= 0.3 is 0 Å². The largest absolute Gasteiger partial charge is 0.414 e. The molecule has 3 rings (SSSR count). The summed E-state index contributed by atoms with van der Waals surface area (Å²) in [6.45, 7) is 2.08. The van der Waals surface area contributed by atoms with Crippen LogP contribution in [0.1, 0.15) is 42.8 Å². The van der Waals surface area contributed by atoms with Crippen molar-refractivity contribution in [3.05, 3.63) is 35.2 Å². The van der Waals surface area contributed by atoms with Gasteiger partial charge in [-0.15, -0.1) is 10.2 Å². The predicted octanol–water partition coefficient (Wildman–Crippen LogP) is 3.30. The first-order valence-corrected chi connectivity index (χ1v) is 9.59. The second kappa shape index (κ2) is 8.01. The zero-order chi connectivity index (χ0) is 17.8. The van der Waals surface area contributed by atoms with Crippen molar-refractivity contribution in [3.8, 4) is 0 Å². The molecule has 1 aromatic carbocycles. The van der Waals surface area contributed by atoms with Crippen molar-refractivity contribution in [1.82, 2.24) is 15.1 Å². The molecular formula is C18H24N4O2S. The summed E-state index contributed by atoms with van der Waals surface area (Å²) in [6, 6.07) is 6.27. The van der Waals surface area contributed by atoms with Gasteiger partial charge in [-0.2, -0.15) is 0 Å². The number of aryl methyl sites for hydroxylation is 2. The van der Waals surface area contributed by atoms with Crippen LogP contribution in [-0.4, -0.2) is 40.9 Å². The molecule has 1 aromatic heterocycles. The molecule has 0 bridgehead atoms. The lowest BCUT2D eigenvalue weighted by atomic mass is 10.1. The molecule has 1 amide bonds. The number of hydrogen-bond acceptors (Lipinski definition) is 6. The van der Waals surface area contributed by atoms with Gasteiger partial charge in [0.2, 0.25) is 11.8 Å². The first-order chi connectivity index (χ1) is 12.1. The quantitative estimate of drug-likeness (QED) is 0.764. The molecule has 6 nitrogen and oxygen atoms in total. The molecule has 1 N–H and O–H groups in total. The number of carbonyl (C=O) groups is 1. The van der Waals surface area contributed by atoms with E-state index in [2.05, 4.69) is 34.6 Å². The van der Waals surface area contributed by atoms with Crippen LogP contribution in [0.2, 0.25) is 0 Å². The Kier molecular flexibility index (Phi) is 5.75. The Balaban J connectivity index is 1.53. The van der Waals surface area contributed by atoms with Gasteiger partial charge in [0.25, 0.3) is 5.22 Å². The Labute approximate surface area is 152 Å². The molecule has 0 saturated carbocycles. The Morgan fingerprint density at radius 2 is 2.12 bits per heavy atom. The van der Waals surface area contributed by atoms with Crippen molar-refractivity contribution in [2.24, 2.45) is 0 Å². The van der Waals surface area contributed by atoms with Gasteiger partial charge in [-0.05, 0) is 63.0 Å². The lowest BCUT2D eigenvalue weighted by Gasteiger charge is -2.18. The summed E-state index contributed by atoms with van der Waals surface area (Å²) >= 11 is 1.26. The Morgan fingerprint density at radius 3 is 2.88 bits per heavy atom. The third-order valence-electron chi connectivity index (χ3n) is 4.43. The third-order valence-corrected chi connectivity index (χ3v) is 5.24. The van der Waals surface area contributed by atoms with Gasteiger partial charge in [0, 0.05) is 5.69 Å². The number of rotatable bonds is 7. The topological polar surface area (TPSA) is 71.3 Å². The average molecular weight is 360 g/mol. The zero-order valence-electron chi connectivity index (χ0n) is 14.9. The fraction of sp³-hybridized carbons (Fsp3) is 0.500. The van der Waals surface area contributed by atoms with Crippen molar-refractivity contribution in [2.45, 2.75) is 43.9 Å². The van der Waals surface area contributed by atoms with E-state index in [1.165, 1.54) is 29.3 Å². The monoisotopic (exact) mass is 360 g/mol. The Morgan fingerprint density at radius 1 is 1.32 bits per heavy atom. The van der Waals surface area contributed by atoms with Crippen molar-refractivity contribution in [3.63, 3.8) is 0 Å². The lowest BCUT2D eigenvalue weighted by molar-refractivity contribution is -0.113. The maximum atomic E-state index is 12.2. The first-order valence-electron chi connectivity index (χ1n) is 8.61. The van der Waals surface area contributed by atoms with Crippen molar-refractivity contribution >= 4 is 23.4 Å². The standard InChI is InChI=1S/C18H24N4O2S/c1-4-15(22(2)3)17-20-21-18(24-17)25-11-16(23)19-14-9-8-12-6-5-7-13(12)10-14/h8-10,15H,4-7,11H2,1-3H3,(H,19,23). The van der Waals surface area contributed by atoms with Crippen LogP contribution in [0.3, 0.4) is 0 Å². The van der Waals surface area contributed by atoms with Gasteiger partial charge in [0.05, 0.1) is 11.8 Å². The fourth-order valence-corrected chi connectivity index (χ4v) is 3.72. The summed E-state index contributed by atoms with van der Waals surface area (Å²) in [4.78, 5) is 14.2. The van der Waals surface area contributed by atoms with E-state index in [9.17, 15) is 4.79 Å². The molecule has 1 heterocycles. The van der Waals surface area contributed by atoms with Crippen molar-refractivity contribution in [2.75, 3.05) is 25.2 Å². The zero-order valence-corrected chi connectivity index (χ0v) is 15.7. The maximum Gasteiger partial charge on any atom is 0.277 e. The number of fused-ring (bicyclic) bond motifs is 1. The van der Waals surface area contributed by atoms with Crippen molar-refractivity contribution < 1.29 is 9.21 Å². The van der Waals surface area contributed by atoms with E-state index in [1.54, 1.807) is 0 Å². The number of carbonyl (C=O) groups excluding carboxylic acids is 1. The summed E-state index contributed by atoms with van der Waals surface area (Å²) in [7, 11) is 3.96. The minimum absolute atomic E-state index is 0.0673. The number of nitrogens with zero attached hydrogens (tertiary/aromatic N) is 3. The van der Waals surface area contributed by atoms with Crippen LogP contribution in [0.5, 0.6) is 0 Å². The number of anilines is 1. The van der Waals surface area contributed by atoms with E-state index in [-0.39, 0.29) is 17.7 Å². The van der Waals surface area contributed by atoms with E-state index in [4.69, 9.17) is 4.42 Å². The van der Waals surface area contributed by atoms with Gasteiger partial charge < -0.3 is 9.73 Å². The molecule has 1 aliphatic carbocycles. The fourth-order valence-electron chi connectivity index (χ4n) is 3.15. The molecule has 0 aliphatic heterocycles. The van der Waals surface area contributed by atoms with Crippen LogP contribution in [-0.2, 0) is 17.6 Å². The van der Waals surface area contributed by atoms with E-state index in [1.807, 2.05) is 25.1 Å². The number of benzene rings is 1. The van der Waals surface area contributed by atoms with Crippen LogP contribution < -0.4 is 5.32 Å². The second-order valence-electron chi connectivity index (χ2n) is 6.47. The van der Waals surface area contributed by atoms with Crippen LogP contribution >= 0.6 is 11.8 Å². The second-order valence-corrected chi connectivity index (χ2v) is 7.39. The van der Waals surface area contributed by atoms with Crippen LogP contribution in [0.15, 0.2) is 27.8 Å². The highest BCUT2D eigenvalue weighted by Gasteiger charge is 2.19. The summed E-state index contributed by atoms with van der Waals surface area (Å²) in [5, 5.41) is 11.5. The summed E-state index contributed by atoms with van der Waals surface area (Å²) in [6.07, 6.45) is 4.33. The molecule has 0 saturated heterocycles. The first kappa shape index (κ1) is 17.9. The molecular weight excluding hydrogens is 336 g/mol. The summed E-state index contributed by atoms with van der Waals surface area (Å²) < 4.78 is 5.68. The highest BCUT2D eigenvalue weighted by molar-refractivity contribution is 7.99. The molecule has 2 aromatic rings. The molecule has 1 atom stereocenters. The number of hydrogen-bond donors (Lipinski definition) is 1. The average Bonchev–Trinajstić information content (AvgIpc) is 3.22. The smallest absolute Gasteiger partial charge is 0.277 e. The number of thioether (sulfide) groups is 1. The molecule has 0 fully saturated rings. The van der Waals surface area contributed by atoms with Gasteiger partial charge in [0.1, 0.15) is 0 Å². The predicted molar refractivity (Wildman–Crippen MR) is 98.8 cm³/mol. The molecule has 134 valence electrons. The molecule has 25 heavy (non-hydrogen) atoms. The van der Waals surface area contributed by atoms with Gasteiger partial charge in [-0.25, -0.2) is 0 Å². The van der Waals surface area contributed by atoms with Gasteiger partial charge in [-0.3, -0.25) is 9.69 Å². The van der Waals surface area contributed by atoms with Crippen LogP contribution in [0.25, 0.3) is 0 Å². The third kappa shape index (κ3) is 4.41. The molecule has 1 aliphatic rings. The molecule has 0 spiro atoms. The number of amides is 1. The minimum atomic E-state index is -0.0673. The maximum absolute atomic E-state index is 12.2. The van der Waals surface area contributed by atoms with Gasteiger partial charge in [0.15, 0.2) is 0 Å². The Bertz CT molecular complexity index is 744. The minimum Gasteiger partial charge on any atom is -0.414 e. The van der Waals surface area contributed by atoms with Crippen LogP contribution in [0.4, 0.5) is 5.69 Å². The number of nitrogens with one attached hydrogen (secondary N) is 1. The number of aromatic nitrogens is 2. The SMILES string of the molecule is CCC(c1nnc(SCC(=O)Nc2ccc3c(c2)CCC3)o1)N(C)C. The van der Waals surface area contributed by atoms with Gasteiger partial charge in [-0.1, -0.05) is 24.8 Å². The molecule has 0 radical (unpaired) electrons. The molecule has 1 unspecified atom stereocenters. The Hall–Kier alpha value is -1.86. The summed E-state index contributed by atoms with van der Waals surface area (Å²) in [5.41, 5.74) is 3.61. The van der Waals surface area contributed by atoms with E-state index in [0.29, 0.717) is 11.1 Å². The molecule has 7 heteroatoms. The van der Waals surface area contributed by atoms with E-state index < -0.39 is 0 Å².